The molecule has 3 N–H and O–H groups in total. The Morgan fingerprint density at radius 1 is 0.929 bits per heavy atom. The van der Waals surface area contributed by atoms with Crippen LogP contribution in [0.4, 0.5) is 0 Å². The monoisotopic (exact) mass is 394 g/mol. The van der Waals surface area contributed by atoms with Crippen LogP contribution >= 0.6 is 0 Å². The average Bonchev–Trinajstić information content (AvgIpc) is 2.67. The largest absolute Gasteiger partial charge is 0.393 e. The third kappa shape index (κ3) is 5.13. The molecule has 0 heterocycles. The summed E-state index contributed by atoms with van der Waals surface area (Å²) in [6.45, 7) is 4.65. The summed E-state index contributed by atoms with van der Waals surface area (Å²) >= 11 is 0. The van der Waals surface area contributed by atoms with Crippen molar-refractivity contribution in [3.63, 3.8) is 0 Å². The molecule has 3 aliphatic rings. The second-order valence-electron chi connectivity index (χ2n) is 10.7. The maximum Gasteiger partial charge on any atom is 0.0577 e. The van der Waals surface area contributed by atoms with Crippen molar-refractivity contribution in [2.45, 2.75) is 128 Å². The lowest BCUT2D eigenvalue weighted by molar-refractivity contribution is -0.153. The van der Waals surface area contributed by atoms with E-state index in [1.807, 2.05) is 0 Å². The predicted octanol–water partition coefficient (Wildman–Crippen LogP) is 5.45. The van der Waals surface area contributed by atoms with Gasteiger partial charge in [0, 0.05) is 0 Å². The number of fused-ring (bicyclic) bond motifs is 3. The Balaban J connectivity index is 1.51. The quantitative estimate of drug-likeness (QED) is 0.456. The van der Waals surface area contributed by atoms with Crippen molar-refractivity contribution in [1.82, 2.24) is 0 Å². The maximum atomic E-state index is 10.9. The molecule has 0 radical (unpaired) electrons. The van der Waals surface area contributed by atoms with Crippen molar-refractivity contribution in [1.29, 1.82) is 0 Å². The smallest absolute Gasteiger partial charge is 0.0577 e. The molecule has 3 nitrogen and oxygen atoms in total. The fraction of sp³-hybridized carbons (Fsp3) is 1.00. The molecule has 3 rings (SSSR count). The summed E-state index contributed by atoms with van der Waals surface area (Å²) in [6.07, 6.45) is 16.4. The molecule has 0 aromatic rings. The molecular weight excluding hydrogens is 348 g/mol. The van der Waals surface area contributed by atoms with Crippen molar-refractivity contribution >= 4 is 0 Å². The Kier molecular flexibility index (Phi) is 8.27. The second kappa shape index (κ2) is 10.3. The van der Waals surface area contributed by atoms with Crippen LogP contribution < -0.4 is 0 Å². The lowest BCUT2D eigenvalue weighted by Gasteiger charge is -2.59. The number of rotatable bonds is 9. The highest BCUT2D eigenvalue weighted by Crippen LogP contribution is 2.60. The van der Waals surface area contributed by atoms with Crippen molar-refractivity contribution in [2.24, 2.45) is 29.1 Å². The summed E-state index contributed by atoms with van der Waals surface area (Å²) in [5.74, 6) is 2.40. The molecule has 3 aliphatic carbocycles. The zero-order valence-electron chi connectivity index (χ0n) is 18.5. The van der Waals surface area contributed by atoms with E-state index >= 15 is 0 Å². The standard InChI is InChI=1S/C25H46O3/c1-3-4-5-6-11-19(26)12-7-9-18-10-8-13-22-21(18)17-24(28)23-16-20(27)14-15-25(22,23)2/h18-24,26-28H,3-17H2,1-2H3/t18-,19+,20+,21?,22?,23?,24+,25-/m1/s1. The van der Waals surface area contributed by atoms with Gasteiger partial charge in [0.1, 0.15) is 0 Å². The Morgan fingerprint density at radius 2 is 1.71 bits per heavy atom. The van der Waals surface area contributed by atoms with E-state index in [0.717, 1.165) is 56.8 Å². The molecule has 0 aromatic carbocycles. The van der Waals surface area contributed by atoms with Gasteiger partial charge in [0.25, 0.3) is 0 Å². The predicted molar refractivity (Wildman–Crippen MR) is 115 cm³/mol. The third-order valence-electron chi connectivity index (χ3n) is 8.93. The van der Waals surface area contributed by atoms with E-state index in [1.54, 1.807) is 0 Å². The molecule has 164 valence electrons. The van der Waals surface area contributed by atoms with E-state index < -0.39 is 0 Å². The Morgan fingerprint density at radius 3 is 2.50 bits per heavy atom. The van der Waals surface area contributed by atoms with E-state index in [0.29, 0.717) is 11.8 Å². The molecule has 0 amide bonds. The molecule has 3 heteroatoms. The number of aliphatic hydroxyl groups excluding tert-OH is 3. The lowest BCUT2D eigenvalue weighted by atomic mass is 9.47. The van der Waals surface area contributed by atoms with Gasteiger partial charge in [-0.3, -0.25) is 0 Å². The summed E-state index contributed by atoms with van der Waals surface area (Å²) in [4.78, 5) is 0. The summed E-state index contributed by atoms with van der Waals surface area (Å²) in [7, 11) is 0. The maximum absolute atomic E-state index is 10.9. The minimum Gasteiger partial charge on any atom is -0.393 e. The van der Waals surface area contributed by atoms with Gasteiger partial charge in [-0.25, -0.2) is 0 Å². The first-order chi connectivity index (χ1) is 13.5. The highest BCUT2D eigenvalue weighted by atomic mass is 16.3. The molecule has 0 aliphatic heterocycles. The first-order valence-corrected chi connectivity index (χ1v) is 12.5. The number of hydrogen-bond donors (Lipinski definition) is 3. The summed E-state index contributed by atoms with van der Waals surface area (Å²) in [5.41, 5.74) is 0.221. The molecule has 0 aromatic heterocycles. The molecule has 3 fully saturated rings. The van der Waals surface area contributed by atoms with Crippen LogP contribution in [0.15, 0.2) is 0 Å². The van der Waals surface area contributed by atoms with Crippen LogP contribution in [0.3, 0.4) is 0 Å². The van der Waals surface area contributed by atoms with Gasteiger partial charge in [-0.1, -0.05) is 65.2 Å². The van der Waals surface area contributed by atoms with Gasteiger partial charge in [0.15, 0.2) is 0 Å². The second-order valence-corrected chi connectivity index (χ2v) is 10.7. The molecule has 0 spiro atoms. The van der Waals surface area contributed by atoms with Crippen LogP contribution in [0.5, 0.6) is 0 Å². The van der Waals surface area contributed by atoms with E-state index in [9.17, 15) is 15.3 Å². The number of aliphatic hydroxyl groups is 3. The van der Waals surface area contributed by atoms with Crippen molar-refractivity contribution in [2.75, 3.05) is 0 Å². The van der Waals surface area contributed by atoms with Crippen LogP contribution in [0, 0.1) is 29.1 Å². The van der Waals surface area contributed by atoms with Crippen LogP contribution in [0.25, 0.3) is 0 Å². The zero-order valence-corrected chi connectivity index (χ0v) is 18.5. The normalized spacial score (nSPS) is 41.9. The van der Waals surface area contributed by atoms with Gasteiger partial charge in [-0.05, 0) is 74.0 Å². The molecule has 0 saturated heterocycles. The van der Waals surface area contributed by atoms with E-state index in [1.165, 1.54) is 51.4 Å². The Bertz CT molecular complexity index is 467. The first-order valence-electron chi connectivity index (χ1n) is 12.5. The zero-order chi connectivity index (χ0) is 20.1. The van der Waals surface area contributed by atoms with E-state index in [-0.39, 0.29) is 23.7 Å². The van der Waals surface area contributed by atoms with Crippen LogP contribution in [-0.4, -0.2) is 33.6 Å². The van der Waals surface area contributed by atoms with Crippen LogP contribution in [-0.2, 0) is 0 Å². The summed E-state index contributed by atoms with van der Waals surface area (Å²) in [5, 5.41) is 31.4. The van der Waals surface area contributed by atoms with Crippen molar-refractivity contribution in [3.8, 4) is 0 Å². The Hall–Kier alpha value is -0.120. The first kappa shape index (κ1) is 22.6. The third-order valence-corrected chi connectivity index (χ3v) is 8.93. The lowest BCUT2D eigenvalue weighted by Crippen LogP contribution is -2.56. The van der Waals surface area contributed by atoms with Crippen molar-refractivity contribution in [3.05, 3.63) is 0 Å². The van der Waals surface area contributed by atoms with Crippen molar-refractivity contribution < 1.29 is 15.3 Å². The van der Waals surface area contributed by atoms with Gasteiger partial charge in [0.2, 0.25) is 0 Å². The molecule has 0 bridgehead atoms. The highest BCUT2D eigenvalue weighted by molar-refractivity contribution is 5.05. The fourth-order valence-corrected chi connectivity index (χ4v) is 7.30. The van der Waals surface area contributed by atoms with Gasteiger partial charge in [-0.2, -0.15) is 0 Å². The summed E-state index contributed by atoms with van der Waals surface area (Å²) in [6, 6.07) is 0. The molecule has 3 saturated carbocycles. The van der Waals surface area contributed by atoms with Crippen LogP contribution in [0.2, 0.25) is 0 Å². The van der Waals surface area contributed by atoms with E-state index in [4.69, 9.17) is 0 Å². The van der Waals surface area contributed by atoms with Gasteiger partial charge in [0.05, 0.1) is 18.3 Å². The highest BCUT2D eigenvalue weighted by Gasteiger charge is 2.55. The van der Waals surface area contributed by atoms with E-state index in [2.05, 4.69) is 13.8 Å². The fourth-order valence-electron chi connectivity index (χ4n) is 7.30. The Labute approximate surface area is 173 Å². The minimum absolute atomic E-state index is 0.116. The minimum atomic E-state index is -0.231. The SMILES string of the molecule is CCCCCC[C@H](O)CCC[C@@H]1CCCC2C1C[C@H](O)C1C[C@@H](O)CC[C@]21C. The van der Waals surface area contributed by atoms with Gasteiger partial charge < -0.3 is 15.3 Å². The molecule has 3 unspecified atom stereocenters. The number of hydrogen-bond acceptors (Lipinski definition) is 3. The van der Waals surface area contributed by atoms with Gasteiger partial charge >= 0.3 is 0 Å². The topological polar surface area (TPSA) is 60.7 Å². The van der Waals surface area contributed by atoms with Crippen LogP contribution in [0.1, 0.15) is 110 Å². The molecule has 8 atom stereocenters. The van der Waals surface area contributed by atoms with Gasteiger partial charge in [-0.15, -0.1) is 0 Å². The number of unbranched alkanes of at least 4 members (excludes halogenated alkanes) is 3. The molecular formula is C25H46O3. The average molecular weight is 395 g/mol. The summed E-state index contributed by atoms with van der Waals surface area (Å²) < 4.78 is 0. The molecule has 28 heavy (non-hydrogen) atoms.